The van der Waals surface area contributed by atoms with Crippen LogP contribution >= 0.6 is 11.8 Å². The number of para-hydroxylation sites is 1. The normalized spacial score (nSPS) is 10.2. The first-order chi connectivity index (χ1) is 12.0. The van der Waals surface area contributed by atoms with Crippen molar-refractivity contribution in [3.63, 3.8) is 0 Å². The summed E-state index contributed by atoms with van der Waals surface area (Å²) in [6, 6.07) is 9.72. The maximum absolute atomic E-state index is 13.6. The highest BCUT2D eigenvalue weighted by atomic mass is 32.2. The minimum absolute atomic E-state index is 0.0782. The van der Waals surface area contributed by atoms with Crippen molar-refractivity contribution in [1.82, 2.24) is 5.32 Å². The second-order valence-corrected chi connectivity index (χ2v) is 5.97. The Bertz CT molecular complexity index is 796. The lowest BCUT2D eigenvalue weighted by Gasteiger charge is -2.11. The summed E-state index contributed by atoms with van der Waals surface area (Å²) in [5, 5.41) is 5.26. The van der Waals surface area contributed by atoms with Gasteiger partial charge in [0.25, 0.3) is 5.91 Å². The third-order valence-corrected chi connectivity index (χ3v) is 4.15. The van der Waals surface area contributed by atoms with Crippen LogP contribution in [0.1, 0.15) is 10.4 Å². The van der Waals surface area contributed by atoms with Gasteiger partial charge in [0.1, 0.15) is 11.6 Å². The minimum Gasteiger partial charge on any atom is -0.349 e. The van der Waals surface area contributed by atoms with E-state index in [1.54, 1.807) is 30.3 Å². The van der Waals surface area contributed by atoms with Crippen molar-refractivity contribution in [2.75, 3.05) is 17.6 Å². The molecule has 4 nitrogen and oxygen atoms in total. The number of amides is 2. The third-order valence-electron chi connectivity index (χ3n) is 3.11. The largest absolute Gasteiger partial charge is 0.349 e. The van der Waals surface area contributed by atoms with E-state index in [2.05, 4.69) is 17.2 Å². The monoisotopic (exact) mass is 362 g/mol. The predicted molar refractivity (Wildman–Crippen MR) is 94.7 cm³/mol. The molecule has 0 spiro atoms. The van der Waals surface area contributed by atoms with Gasteiger partial charge < -0.3 is 10.6 Å². The zero-order valence-electron chi connectivity index (χ0n) is 13.2. The number of carbonyl (C=O) groups is 2. The number of rotatable bonds is 7. The quantitative estimate of drug-likeness (QED) is 0.584. The van der Waals surface area contributed by atoms with E-state index in [1.165, 1.54) is 6.07 Å². The molecule has 0 unspecified atom stereocenters. The molecule has 2 rings (SSSR count). The summed E-state index contributed by atoms with van der Waals surface area (Å²) in [6.45, 7) is 3.83. The summed E-state index contributed by atoms with van der Waals surface area (Å²) in [7, 11) is 0. The summed E-state index contributed by atoms with van der Waals surface area (Å²) in [6.07, 6.45) is 1.55. The topological polar surface area (TPSA) is 58.2 Å². The van der Waals surface area contributed by atoms with Gasteiger partial charge in [0.15, 0.2) is 0 Å². The van der Waals surface area contributed by atoms with E-state index < -0.39 is 17.5 Å². The van der Waals surface area contributed by atoms with Crippen LogP contribution < -0.4 is 10.6 Å². The van der Waals surface area contributed by atoms with Crippen molar-refractivity contribution >= 4 is 29.3 Å². The fourth-order valence-corrected chi connectivity index (χ4v) is 2.69. The third kappa shape index (κ3) is 5.42. The lowest BCUT2D eigenvalue weighted by molar-refractivity contribution is -0.113. The number of benzene rings is 2. The molecule has 25 heavy (non-hydrogen) atoms. The van der Waals surface area contributed by atoms with Crippen LogP contribution in [-0.2, 0) is 4.79 Å². The number of carbonyl (C=O) groups excluding carboxylic acids is 2. The standard InChI is InChI=1S/C18H16F2N2O2S/c1-2-9-21-18(24)13-5-3-4-6-15(13)22-17(23)11-25-16-8-7-12(19)10-14(16)20/h2-8,10H,1,9,11H2,(H,21,24)(H,22,23). The number of halogens is 2. The van der Waals surface area contributed by atoms with Crippen LogP contribution in [0.2, 0.25) is 0 Å². The number of hydrogen-bond acceptors (Lipinski definition) is 3. The van der Waals surface area contributed by atoms with E-state index in [0.717, 1.165) is 23.9 Å². The van der Waals surface area contributed by atoms with Gasteiger partial charge in [-0.2, -0.15) is 0 Å². The SMILES string of the molecule is C=CCNC(=O)c1ccccc1NC(=O)CSc1ccc(F)cc1F. The second kappa shape index (κ2) is 8.98. The van der Waals surface area contributed by atoms with Gasteiger partial charge in [-0.05, 0) is 24.3 Å². The molecule has 7 heteroatoms. The molecule has 0 aromatic heterocycles. The molecule has 0 aliphatic heterocycles. The average Bonchev–Trinajstić information content (AvgIpc) is 2.59. The van der Waals surface area contributed by atoms with E-state index in [4.69, 9.17) is 0 Å². The number of anilines is 1. The van der Waals surface area contributed by atoms with Crippen LogP contribution in [-0.4, -0.2) is 24.1 Å². The number of thioether (sulfide) groups is 1. The Kier molecular flexibility index (Phi) is 6.71. The summed E-state index contributed by atoms with van der Waals surface area (Å²) in [5.41, 5.74) is 0.671. The molecule has 0 aliphatic carbocycles. The van der Waals surface area contributed by atoms with E-state index >= 15 is 0 Å². The van der Waals surface area contributed by atoms with Gasteiger partial charge in [0.2, 0.25) is 5.91 Å². The maximum atomic E-state index is 13.6. The molecule has 130 valence electrons. The zero-order chi connectivity index (χ0) is 18.2. The fourth-order valence-electron chi connectivity index (χ4n) is 1.97. The van der Waals surface area contributed by atoms with Crippen molar-refractivity contribution in [1.29, 1.82) is 0 Å². The van der Waals surface area contributed by atoms with E-state index in [0.29, 0.717) is 17.8 Å². The summed E-state index contributed by atoms with van der Waals surface area (Å²) in [4.78, 5) is 24.3. The Hall–Kier alpha value is -2.67. The molecule has 0 atom stereocenters. The molecule has 0 heterocycles. The lowest BCUT2D eigenvalue weighted by atomic mass is 10.1. The molecular weight excluding hydrogens is 346 g/mol. The molecule has 2 aromatic carbocycles. The Morgan fingerprint density at radius 1 is 1.16 bits per heavy atom. The molecule has 0 radical (unpaired) electrons. The minimum atomic E-state index is -0.720. The van der Waals surface area contributed by atoms with Crippen molar-refractivity contribution in [3.8, 4) is 0 Å². The second-order valence-electron chi connectivity index (χ2n) is 4.96. The molecular formula is C18H16F2N2O2S. The lowest BCUT2D eigenvalue weighted by Crippen LogP contribution is -2.25. The Labute approximate surface area is 148 Å². The highest BCUT2D eigenvalue weighted by Crippen LogP contribution is 2.23. The van der Waals surface area contributed by atoms with Gasteiger partial charge in [-0.15, -0.1) is 18.3 Å². The Balaban J connectivity index is 2.00. The van der Waals surface area contributed by atoms with Crippen molar-refractivity contribution in [3.05, 3.63) is 72.3 Å². The van der Waals surface area contributed by atoms with Gasteiger partial charge in [-0.25, -0.2) is 8.78 Å². The first-order valence-electron chi connectivity index (χ1n) is 7.37. The fraction of sp³-hybridized carbons (Fsp3) is 0.111. The number of nitrogens with one attached hydrogen (secondary N) is 2. The average molecular weight is 362 g/mol. The smallest absolute Gasteiger partial charge is 0.253 e. The van der Waals surface area contributed by atoms with Crippen LogP contribution in [0.4, 0.5) is 14.5 Å². The highest BCUT2D eigenvalue weighted by molar-refractivity contribution is 8.00. The predicted octanol–water partition coefficient (Wildman–Crippen LogP) is 3.61. The molecule has 0 aliphatic rings. The molecule has 2 amide bonds. The van der Waals surface area contributed by atoms with Gasteiger partial charge in [-0.3, -0.25) is 9.59 Å². The molecule has 0 bridgehead atoms. The van der Waals surface area contributed by atoms with Crippen LogP contribution in [0.25, 0.3) is 0 Å². The van der Waals surface area contributed by atoms with Crippen molar-refractivity contribution in [2.24, 2.45) is 0 Å². The van der Waals surface area contributed by atoms with Gasteiger partial charge >= 0.3 is 0 Å². The Morgan fingerprint density at radius 2 is 1.92 bits per heavy atom. The molecule has 2 aromatic rings. The maximum Gasteiger partial charge on any atom is 0.253 e. The van der Waals surface area contributed by atoms with Crippen LogP contribution in [0.5, 0.6) is 0 Å². The van der Waals surface area contributed by atoms with E-state index in [9.17, 15) is 18.4 Å². The van der Waals surface area contributed by atoms with E-state index in [-0.39, 0.29) is 16.6 Å². The molecule has 0 saturated carbocycles. The van der Waals surface area contributed by atoms with Gasteiger partial charge in [-0.1, -0.05) is 18.2 Å². The van der Waals surface area contributed by atoms with Gasteiger partial charge in [0, 0.05) is 17.5 Å². The molecule has 2 N–H and O–H groups in total. The molecule has 0 fully saturated rings. The van der Waals surface area contributed by atoms with E-state index in [1.807, 2.05) is 0 Å². The highest BCUT2D eigenvalue weighted by Gasteiger charge is 2.13. The Morgan fingerprint density at radius 3 is 2.64 bits per heavy atom. The number of hydrogen-bond donors (Lipinski definition) is 2. The summed E-state index contributed by atoms with van der Waals surface area (Å²) in [5.74, 6) is -2.22. The summed E-state index contributed by atoms with van der Waals surface area (Å²) < 4.78 is 26.4. The first kappa shape index (κ1) is 18.7. The first-order valence-corrected chi connectivity index (χ1v) is 8.35. The van der Waals surface area contributed by atoms with Crippen LogP contribution in [0.3, 0.4) is 0 Å². The van der Waals surface area contributed by atoms with Crippen LogP contribution in [0.15, 0.2) is 60.0 Å². The van der Waals surface area contributed by atoms with Crippen molar-refractivity contribution in [2.45, 2.75) is 4.90 Å². The molecule has 0 saturated heterocycles. The van der Waals surface area contributed by atoms with Crippen LogP contribution in [0, 0.1) is 11.6 Å². The van der Waals surface area contributed by atoms with Gasteiger partial charge in [0.05, 0.1) is 17.0 Å². The summed E-state index contributed by atoms with van der Waals surface area (Å²) >= 11 is 0.944. The van der Waals surface area contributed by atoms with Crippen molar-refractivity contribution < 1.29 is 18.4 Å². The zero-order valence-corrected chi connectivity index (χ0v) is 14.0.